The van der Waals surface area contributed by atoms with Crippen LogP contribution in [0.2, 0.25) is 0 Å². The maximum atomic E-state index is 12.0. The van der Waals surface area contributed by atoms with Gasteiger partial charge in [-0.25, -0.2) is 0 Å². The summed E-state index contributed by atoms with van der Waals surface area (Å²) < 4.78 is 5.98. The molecule has 1 amide bonds. The largest absolute Gasteiger partial charge is 0.468 e. The van der Waals surface area contributed by atoms with E-state index in [1.165, 1.54) is 18.0 Å². The maximum absolute atomic E-state index is 12.0. The second-order valence-electron chi connectivity index (χ2n) is 4.74. The summed E-state index contributed by atoms with van der Waals surface area (Å²) in [5, 5.41) is 6.80. The van der Waals surface area contributed by atoms with Crippen molar-refractivity contribution in [1.82, 2.24) is 14.7 Å². The summed E-state index contributed by atoms with van der Waals surface area (Å²) in [7, 11) is 3.33. The number of nitrogens with zero attached hydrogens (tertiary/aromatic N) is 3. The molecule has 0 bridgehead atoms. The molecule has 0 aromatic carbocycles. The van der Waals surface area contributed by atoms with Crippen LogP contribution in [0.15, 0.2) is 12.4 Å². The minimum absolute atomic E-state index is 0.00182. The van der Waals surface area contributed by atoms with Gasteiger partial charge in [-0.15, -0.1) is 0 Å². The first-order valence-corrected chi connectivity index (χ1v) is 6.17. The number of ether oxygens (including phenoxy) is 1. The third-order valence-corrected chi connectivity index (χ3v) is 3.18. The van der Waals surface area contributed by atoms with E-state index in [0.717, 1.165) is 19.5 Å². The Hall–Kier alpha value is -1.89. The third-order valence-electron chi connectivity index (χ3n) is 3.18. The molecule has 1 aliphatic heterocycles. The fourth-order valence-electron chi connectivity index (χ4n) is 2.10. The van der Waals surface area contributed by atoms with Gasteiger partial charge in [-0.1, -0.05) is 0 Å². The number of aromatic nitrogens is 2. The lowest BCUT2D eigenvalue weighted by Crippen LogP contribution is -2.25. The van der Waals surface area contributed by atoms with Crippen molar-refractivity contribution in [3.63, 3.8) is 0 Å². The van der Waals surface area contributed by atoms with Crippen LogP contribution in [0.4, 0.5) is 5.69 Å². The lowest BCUT2D eigenvalue weighted by atomic mass is 10.1. The summed E-state index contributed by atoms with van der Waals surface area (Å²) in [5.41, 5.74) is 0.600. The number of carbonyl (C=O) groups is 2. The van der Waals surface area contributed by atoms with Crippen molar-refractivity contribution in [1.29, 1.82) is 0 Å². The summed E-state index contributed by atoms with van der Waals surface area (Å²) in [6, 6.07) is 0. The van der Waals surface area contributed by atoms with E-state index >= 15 is 0 Å². The van der Waals surface area contributed by atoms with E-state index in [1.807, 2.05) is 7.05 Å². The number of hydrogen-bond acceptors (Lipinski definition) is 5. The van der Waals surface area contributed by atoms with Gasteiger partial charge in [0.15, 0.2) is 0 Å². The zero-order chi connectivity index (χ0) is 13.8. The molecule has 0 spiro atoms. The molecule has 1 N–H and O–H groups in total. The number of carbonyl (C=O) groups excluding carboxylic acids is 2. The van der Waals surface area contributed by atoms with Crippen molar-refractivity contribution in [2.45, 2.75) is 13.0 Å². The van der Waals surface area contributed by atoms with E-state index in [4.69, 9.17) is 0 Å². The van der Waals surface area contributed by atoms with Gasteiger partial charge in [0.1, 0.15) is 6.54 Å². The van der Waals surface area contributed by atoms with E-state index < -0.39 is 0 Å². The number of likely N-dealkylation sites (tertiary alicyclic amines) is 1. The summed E-state index contributed by atoms with van der Waals surface area (Å²) >= 11 is 0. The molecular formula is C12H18N4O3. The second kappa shape index (κ2) is 5.83. The zero-order valence-electron chi connectivity index (χ0n) is 11.1. The van der Waals surface area contributed by atoms with Crippen LogP contribution < -0.4 is 5.32 Å². The molecule has 7 heteroatoms. The summed E-state index contributed by atoms with van der Waals surface area (Å²) in [6.07, 6.45) is 4.02. The molecule has 19 heavy (non-hydrogen) atoms. The highest BCUT2D eigenvalue weighted by Crippen LogP contribution is 2.16. The Bertz CT molecular complexity index is 471. The normalized spacial score (nSPS) is 19.4. The Morgan fingerprint density at radius 2 is 2.37 bits per heavy atom. The first-order valence-electron chi connectivity index (χ1n) is 6.17. The molecule has 0 saturated carbocycles. The van der Waals surface area contributed by atoms with E-state index in [0.29, 0.717) is 5.69 Å². The van der Waals surface area contributed by atoms with Gasteiger partial charge in [0, 0.05) is 12.7 Å². The predicted octanol–water partition coefficient (Wildman–Crippen LogP) is -0.0537. The van der Waals surface area contributed by atoms with Crippen molar-refractivity contribution in [2.75, 3.05) is 32.6 Å². The Morgan fingerprint density at radius 1 is 1.58 bits per heavy atom. The van der Waals surface area contributed by atoms with Gasteiger partial charge < -0.3 is 15.0 Å². The number of anilines is 1. The van der Waals surface area contributed by atoms with Crippen LogP contribution in [0.25, 0.3) is 0 Å². The van der Waals surface area contributed by atoms with Crippen LogP contribution >= 0.6 is 0 Å². The minimum atomic E-state index is -0.376. The highest BCUT2D eigenvalue weighted by atomic mass is 16.5. The Morgan fingerprint density at radius 3 is 3.00 bits per heavy atom. The topological polar surface area (TPSA) is 76.5 Å². The van der Waals surface area contributed by atoms with Crippen LogP contribution in [-0.4, -0.2) is 53.8 Å². The molecule has 7 nitrogen and oxygen atoms in total. The average Bonchev–Trinajstić information content (AvgIpc) is 2.98. The maximum Gasteiger partial charge on any atom is 0.327 e. The molecule has 0 radical (unpaired) electrons. The van der Waals surface area contributed by atoms with Gasteiger partial charge in [-0.05, 0) is 20.0 Å². The van der Waals surface area contributed by atoms with Crippen molar-refractivity contribution in [3.8, 4) is 0 Å². The number of hydrogen-bond donors (Lipinski definition) is 1. The number of esters is 1. The van der Waals surface area contributed by atoms with Crippen LogP contribution in [-0.2, 0) is 20.9 Å². The van der Waals surface area contributed by atoms with Crippen LogP contribution in [0.5, 0.6) is 0 Å². The number of nitrogens with one attached hydrogen (secondary N) is 1. The van der Waals surface area contributed by atoms with E-state index in [-0.39, 0.29) is 24.3 Å². The highest BCUT2D eigenvalue weighted by molar-refractivity contribution is 5.92. The molecule has 2 rings (SSSR count). The number of amides is 1. The molecule has 104 valence electrons. The van der Waals surface area contributed by atoms with Crippen molar-refractivity contribution in [3.05, 3.63) is 12.4 Å². The fourth-order valence-corrected chi connectivity index (χ4v) is 2.10. The van der Waals surface area contributed by atoms with E-state index in [2.05, 4.69) is 20.1 Å². The minimum Gasteiger partial charge on any atom is -0.468 e. The van der Waals surface area contributed by atoms with E-state index in [1.54, 1.807) is 6.20 Å². The van der Waals surface area contributed by atoms with Gasteiger partial charge in [0.2, 0.25) is 5.91 Å². The van der Waals surface area contributed by atoms with Crippen molar-refractivity contribution >= 4 is 17.6 Å². The average molecular weight is 266 g/mol. The van der Waals surface area contributed by atoms with Crippen LogP contribution in [0.1, 0.15) is 6.42 Å². The molecule has 1 aromatic heterocycles. The fraction of sp³-hybridized carbons (Fsp3) is 0.583. The molecule has 1 aromatic rings. The quantitative estimate of drug-likeness (QED) is 0.773. The molecule has 1 atom stereocenters. The zero-order valence-corrected chi connectivity index (χ0v) is 11.1. The molecule has 1 saturated heterocycles. The Balaban J connectivity index is 1.89. The Labute approximate surface area is 111 Å². The van der Waals surface area contributed by atoms with Crippen molar-refractivity contribution in [2.24, 2.45) is 5.92 Å². The van der Waals surface area contributed by atoms with E-state index in [9.17, 15) is 9.59 Å². The molecular weight excluding hydrogens is 248 g/mol. The standard InChI is InChI=1S/C12H18N4O3/c1-15-4-3-9(6-15)12(18)14-10-5-13-16(7-10)8-11(17)19-2/h5,7,9H,3-4,6,8H2,1-2H3,(H,14,18). The molecule has 1 unspecified atom stereocenters. The van der Waals surface area contributed by atoms with Gasteiger partial charge in [0.05, 0.1) is 24.9 Å². The molecule has 2 heterocycles. The SMILES string of the molecule is COC(=O)Cn1cc(NC(=O)C2CCN(C)C2)cn1. The summed E-state index contributed by atoms with van der Waals surface area (Å²) in [4.78, 5) is 25.2. The van der Waals surface area contributed by atoms with Crippen molar-refractivity contribution < 1.29 is 14.3 Å². The third kappa shape index (κ3) is 3.54. The monoisotopic (exact) mass is 266 g/mol. The summed E-state index contributed by atoms with van der Waals surface area (Å²) in [6.45, 7) is 1.76. The first kappa shape index (κ1) is 13.5. The van der Waals surface area contributed by atoms with Gasteiger partial charge in [-0.2, -0.15) is 5.10 Å². The number of methoxy groups -OCH3 is 1. The summed E-state index contributed by atoms with van der Waals surface area (Å²) in [5.74, 6) is -0.352. The molecule has 1 fully saturated rings. The first-order chi connectivity index (χ1) is 9.08. The lowest BCUT2D eigenvalue weighted by molar-refractivity contribution is -0.141. The molecule has 1 aliphatic rings. The number of rotatable bonds is 4. The van der Waals surface area contributed by atoms with Gasteiger partial charge in [-0.3, -0.25) is 14.3 Å². The van der Waals surface area contributed by atoms with Gasteiger partial charge >= 0.3 is 5.97 Å². The van der Waals surface area contributed by atoms with Crippen LogP contribution in [0.3, 0.4) is 0 Å². The highest BCUT2D eigenvalue weighted by Gasteiger charge is 2.26. The predicted molar refractivity (Wildman–Crippen MR) is 68.5 cm³/mol. The van der Waals surface area contributed by atoms with Crippen LogP contribution in [0, 0.1) is 5.92 Å². The lowest BCUT2D eigenvalue weighted by Gasteiger charge is -2.09. The second-order valence-corrected chi connectivity index (χ2v) is 4.74. The van der Waals surface area contributed by atoms with Gasteiger partial charge in [0.25, 0.3) is 0 Å². The smallest absolute Gasteiger partial charge is 0.327 e. The molecule has 0 aliphatic carbocycles. The Kier molecular flexibility index (Phi) is 4.16.